The molecule has 1 rings (SSSR count). The Morgan fingerprint density at radius 3 is 2.71 bits per heavy atom. The lowest BCUT2D eigenvalue weighted by Gasteiger charge is -2.02. The number of benzene rings is 1. The Morgan fingerprint density at radius 2 is 2.07 bits per heavy atom. The van der Waals surface area contributed by atoms with Crippen LogP contribution in [0.4, 0.5) is 0 Å². The highest BCUT2D eigenvalue weighted by Gasteiger charge is 1.89. The van der Waals surface area contributed by atoms with Crippen molar-refractivity contribution in [1.82, 2.24) is 0 Å². The third-order valence-electron chi connectivity index (χ3n) is 1.56. The molecule has 0 aliphatic heterocycles. The largest absolute Gasteiger partial charge is 0.493 e. The number of carboxylic acids is 1. The first-order valence-electron chi connectivity index (χ1n) is 4.36. The lowest BCUT2D eigenvalue weighted by molar-refractivity contribution is -0.131. The van der Waals surface area contributed by atoms with Crippen molar-refractivity contribution in [1.29, 1.82) is 0 Å². The molecule has 3 nitrogen and oxygen atoms in total. The SMILES string of the molecule is O=C(O)/C=C/CCOc1ccccc1. The van der Waals surface area contributed by atoms with E-state index in [1.807, 2.05) is 30.3 Å². The molecule has 1 aromatic carbocycles. The van der Waals surface area contributed by atoms with Gasteiger partial charge in [0.1, 0.15) is 5.75 Å². The van der Waals surface area contributed by atoms with Gasteiger partial charge in [0.2, 0.25) is 0 Å². The van der Waals surface area contributed by atoms with Crippen LogP contribution in [0.5, 0.6) is 5.75 Å². The third-order valence-corrected chi connectivity index (χ3v) is 1.56. The lowest BCUT2D eigenvalue weighted by Crippen LogP contribution is -1.95. The molecule has 0 aliphatic carbocycles. The molecule has 0 atom stereocenters. The number of rotatable bonds is 5. The molecule has 0 fully saturated rings. The maximum Gasteiger partial charge on any atom is 0.327 e. The second kappa shape index (κ2) is 5.80. The van der Waals surface area contributed by atoms with Crippen LogP contribution in [-0.2, 0) is 4.79 Å². The van der Waals surface area contributed by atoms with Crippen LogP contribution in [0.15, 0.2) is 42.5 Å². The number of aliphatic carboxylic acids is 1. The quantitative estimate of drug-likeness (QED) is 0.574. The van der Waals surface area contributed by atoms with E-state index >= 15 is 0 Å². The van der Waals surface area contributed by atoms with Gasteiger partial charge in [-0.25, -0.2) is 4.79 Å². The van der Waals surface area contributed by atoms with Crippen molar-refractivity contribution in [2.24, 2.45) is 0 Å². The molecule has 3 heteroatoms. The minimum absolute atomic E-state index is 0.494. The normalized spacial score (nSPS) is 10.3. The van der Waals surface area contributed by atoms with Gasteiger partial charge >= 0.3 is 5.97 Å². The van der Waals surface area contributed by atoms with Gasteiger partial charge in [-0.1, -0.05) is 24.3 Å². The van der Waals surface area contributed by atoms with E-state index < -0.39 is 5.97 Å². The molecule has 0 saturated carbocycles. The first-order valence-corrected chi connectivity index (χ1v) is 4.36. The molecule has 0 amide bonds. The summed E-state index contributed by atoms with van der Waals surface area (Å²) >= 11 is 0. The minimum atomic E-state index is -0.926. The zero-order valence-corrected chi connectivity index (χ0v) is 7.72. The minimum Gasteiger partial charge on any atom is -0.493 e. The van der Waals surface area contributed by atoms with E-state index in [9.17, 15) is 4.79 Å². The van der Waals surface area contributed by atoms with Gasteiger partial charge in [-0.05, 0) is 18.6 Å². The summed E-state index contributed by atoms with van der Waals surface area (Å²) in [6.45, 7) is 0.494. The zero-order chi connectivity index (χ0) is 10.2. The topological polar surface area (TPSA) is 46.5 Å². The third kappa shape index (κ3) is 4.30. The van der Waals surface area contributed by atoms with E-state index in [0.29, 0.717) is 13.0 Å². The summed E-state index contributed by atoms with van der Waals surface area (Å²) < 4.78 is 5.34. The first-order chi connectivity index (χ1) is 6.79. The van der Waals surface area contributed by atoms with Crippen LogP contribution in [0, 0.1) is 0 Å². The molecular weight excluding hydrogens is 180 g/mol. The molecular formula is C11H12O3. The Bertz CT molecular complexity index is 304. The van der Waals surface area contributed by atoms with Crippen molar-refractivity contribution in [2.75, 3.05) is 6.61 Å². The number of para-hydroxylation sites is 1. The lowest BCUT2D eigenvalue weighted by atomic mass is 10.3. The standard InChI is InChI=1S/C11H12O3/c12-11(13)8-4-5-9-14-10-6-2-1-3-7-10/h1-4,6-8H,5,9H2,(H,12,13)/b8-4+. The summed E-state index contributed by atoms with van der Waals surface area (Å²) in [7, 11) is 0. The van der Waals surface area contributed by atoms with Crippen molar-refractivity contribution < 1.29 is 14.6 Å². The average molecular weight is 192 g/mol. The van der Waals surface area contributed by atoms with Crippen LogP contribution in [0.2, 0.25) is 0 Å². The first kappa shape index (κ1) is 10.3. The second-order valence-corrected chi connectivity index (χ2v) is 2.69. The average Bonchev–Trinajstić information content (AvgIpc) is 2.18. The van der Waals surface area contributed by atoms with Crippen molar-refractivity contribution in [2.45, 2.75) is 6.42 Å². The van der Waals surface area contributed by atoms with Gasteiger partial charge in [-0.2, -0.15) is 0 Å². The Hall–Kier alpha value is -1.77. The van der Waals surface area contributed by atoms with Crippen LogP contribution in [0.1, 0.15) is 6.42 Å². The Kier molecular flexibility index (Phi) is 4.27. The molecule has 0 bridgehead atoms. The Balaban J connectivity index is 2.19. The van der Waals surface area contributed by atoms with Gasteiger partial charge in [0.25, 0.3) is 0 Å². The molecule has 0 radical (unpaired) electrons. The smallest absolute Gasteiger partial charge is 0.327 e. The fraction of sp³-hybridized carbons (Fsp3) is 0.182. The van der Waals surface area contributed by atoms with E-state index in [1.165, 1.54) is 0 Å². The molecule has 74 valence electrons. The fourth-order valence-corrected chi connectivity index (χ4v) is 0.946. The van der Waals surface area contributed by atoms with E-state index in [2.05, 4.69) is 0 Å². The van der Waals surface area contributed by atoms with E-state index in [0.717, 1.165) is 11.8 Å². The summed E-state index contributed by atoms with van der Waals surface area (Å²) in [6, 6.07) is 9.42. The molecule has 0 unspecified atom stereocenters. The summed E-state index contributed by atoms with van der Waals surface area (Å²) in [5, 5.41) is 8.30. The highest BCUT2D eigenvalue weighted by atomic mass is 16.5. The van der Waals surface area contributed by atoms with E-state index in [-0.39, 0.29) is 0 Å². The van der Waals surface area contributed by atoms with E-state index in [4.69, 9.17) is 9.84 Å². The van der Waals surface area contributed by atoms with Gasteiger partial charge < -0.3 is 9.84 Å². The predicted molar refractivity (Wildman–Crippen MR) is 53.3 cm³/mol. The van der Waals surface area contributed by atoms with Crippen LogP contribution in [0.25, 0.3) is 0 Å². The van der Waals surface area contributed by atoms with Crippen LogP contribution in [0.3, 0.4) is 0 Å². The molecule has 0 spiro atoms. The molecule has 0 heterocycles. The number of carboxylic acid groups (broad SMARTS) is 1. The van der Waals surface area contributed by atoms with Gasteiger partial charge in [0.05, 0.1) is 6.61 Å². The highest BCUT2D eigenvalue weighted by molar-refractivity contribution is 5.79. The molecule has 0 aromatic heterocycles. The van der Waals surface area contributed by atoms with Crippen LogP contribution < -0.4 is 4.74 Å². The van der Waals surface area contributed by atoms with Crippen LogP contribution >= 0.6 is 0 Å². The number of hydrogen-bond donors (Lipinski definition) is 1. The van der Waals surface area contributed by atoms with E-state index in [1.54, 1.807) is 6.08 Å². The van der Waals surface area contributed by atoms with Crippen LogP contribution in [-0.4, -0.2) is 17.7 Å². The number of ether oxygens (including phenoxy) is 1. The monoisotopic (exact) mass is 192 g/mol. The van der Waals surface area contributed by atoms with Crippen molar-refractivity contribution in [3.05, 3.63) is 42.5 Å². The molecule has 0 saturated heterocycles. The second-order valence-electron chi connectivity index (χ2n) is 2.69. The van der Waals surface area contributed by atoms with Crippen molar-refractivity contribution >= 4 is 5.97 Å². The number of carbonyl (C=O) groups is 1. The number of hydrogen-bond acceptors (Lipinski definition) is 2. The molecule has 14 heavy (non-hydrogen) atoms. The zero-order valence-electron chi connectivity index (χ0n) is 7.72. The Morgan fingerprint density at radius 1 is 1.36 bits per heavy atom. The van der Waals surface area contributed by atoms with Gasteiger partial charge in [-0.3, -0.25) is 0 Å². The summed E-state index contributed by atoms with van der Waals surface area (Å²) in [6.07, 6.45) is 3.29. The van der Waals surface area contributed by atoms with Gasteiger partial charge in [-0.15, -0.1) is 0 Å². The van der Waals surface area contributed by atoms with Gasteiger partial charge in [0, 0.05) is 6.08 Å². The predicted octanol–water partition coefficient (Wildman–Crippen LogP) is 2.10. The fourth-order valence-electron chi connectivity index (χ4n) is 0.946. The highest BCUT2D eigenvalue weighted by Crippen LogP contribution is 2.08. The molecule has 0 aliphatic rings. The molecule has 1 N–H and O–H groups in total. The van der Waals surface area contributed by atoms with Crippen molar-refractivity contribution in [3.8, 4) is 5.75 Å². The van der Waals surface area contributed by atoms with Gasteiger partial charge in [0.15, 0.2) is 0 Å². The summed E-state index contributed by atoms with van der Waals surface area (Å²) in [5.41, 5.74) is 0. The summed E-state index contributed by atoms with van der Waals surface area (Å²) in [4.78, 5) is 10.1. The summed E-state index contributed by atoms with van der Waals surface area (Å²) in [5.74, 6) is -0.124. The maximum atomic E-state index is 10.1. The molecule has 1 aromatic rings. The van der Waals surface area contributed by atoms with Crippen molar-refractivity contribution in [3.63, 3.8) is 0 Å². The maximum absolute atomic E-state index is 10.1. The Labute approximate surface area is 82.6 Å².